The number of aliphatic hydroxyl groups is 1. The van der Waals surface area contributed by atoms with Crippen LogP contribution < -0.4 is 5.32 Å². The van der Waals surface area contributed by atoms with Crippen molar-refractivity contribution in [1.29, 1.82) is 0 Å². The van der Waals surface area contributed by atoms with E-state index in [0.29, 0.717) is 19.6 Å². The molecule has 2 atom stereocenters. The summed E-state index contributed by atoms with van der Waals surface area (Å²) in [4.78, 5) is 11.6. The fourth-order valence-electron chi connectivity index (χ4n) is 1.63. The van der Waals surface area contributed by atoms with Crippen molar-refractivity contribution in [2.45, 2.75) is 31.4 Å². The van der Waals surface area contributed by atoms with Crippen LogP contribution in [0.3, 0.4) is 0 Å². The molecule has 0 aromatic heterocycles. The summed E-state index contributed by atoms with van der Waals surface area (Å²) in [7, 11) is 1.57. The van der Waals surface area contributed by atoms with E-state index in [1.54, 1.807) is 7.11 Å². The van der Waals surface area contributed by atoms with Crippen LogP contribution in [0.4, 0.5) is 0 Å². The predicted molar refractivity (Wildman–Crippen MR) is 54.5 cm³/mol. The number of nitrogens with one attached hydrogen (secondary N) is 1. The Hall–Kier alpha value is -0.650. The van der Waals surface area contributed by atoms with Crippen LogP contribution in [0.25, 0.3) is 0 Å². The highest BCUT2D eigenvalue weighted by Gasteiger charge is 2.25. The zero-order valence-electron chi connectivity index (χ0n) is 9.07. The molecule has 0 radical (unpaired) electrons. The molecule has 5 heteroatoms. The smallest absolute Gasteiger partial charge is 0.249 e. The van der Waals surface area contributed by atoms with Gasteiger partial charge in [0.2, 0.25) is 5.91 Å². The van der Waals surface area contributed by atoms with Gasteiger partial charge in [0.25, 0.3) is 0 Å². The molecule has 1 rings (SSSR count). The first kappa shape index (κ1) is 12.4. The van der Waals surface area contributed by atoms with E-state index in [9.17, 15) is 4.79 Å². The monoisotopic (exact) mass is 217 g/mol. The Bertz CT molecular complexity index is 186. The van der Waals surface area contributed by atoms with E-state index in [1.807, 2.05) is 0 Å². The summed E-state index contributed by atoms with van der Waals surface area (Å²) in [6, 6.07) is -0.128. The fraction of sp³-hybridized carbons (Fsp3) is 0.900. The Labute approximate surface area is 89.8 Å². The highest BCUT2D eigenvalue weighted by molar-refractivity contribution is 5.81. The fourth-order valence-corrected chi connectivity index (χ4v) is 1.63. The van der Waals surface area contributed by atoms with Crippen molar-refractivity contribution in [3.05, 3.63) is 0 Å². The second-order valence-corrected chi connectivity index (χ2v) is 3.67. The average Bonchev–Trinajstić information content (AvgIpc) is 2.71. The number of amides is 1. The Kier molecular flexibility index (Phi) is 5.60. The van der Waals surface area contributed by atoms with Gasteiger partial charge < -0.3 is 19.9 Å². The van der Waals surface area contributed by atoms with Gasteiger partial charge in [-0.3, -0.25) is 4.79 Å². The van der Waals surface area contributed by atoms with Gasteiger partial charge in [-0.05, 0) is 19.3 Å². The summed E-state index contributed by atoms with van der Waals surface area (Å²) < 4.78 is 10.2. The highest BCUT2D eigenvalue weighted by atomic mass is 16.5. The molecule has 1 heterocycles. The standard InChI is InChI=1S/C10H19NO4/c1-14-7-8(4-5-12)11-10(13)9-3-2-6-15-9/h8-9,12H,2-7H2,1H3,(H,11,13)/t8?,9-/m1/s1. The summed E-state index contributed by atoms with van der Waals surface area (Å²) in [6.07, 6.45) is 1.91. The second kappa shape index (κ2) is 6.76. The lowest BCUT2D eigenvalue weighted by Crippen LogP contribution is -2.43. The first-order chi connectivity index (χ1) is 7.27. The largest absolute Gasteiger partial charge is 0.396 e. The predicted octanol–water partition coefficient (Wildman–Crippen LogP) is -0.321. The van der Waals surface area contributed by atoms with E-state index in [4.69, 9.17) is 14.6 Å². The van der Waals surface area contributed by atoms with Crippen molar-refractivity contribution < 1.29 is 19.4 Å². The van der Waals surface area contributed by atoms with Crippen molar-refractivity contribution in [2.75, 3.05) is 26.9 Å². The molecule has 1 saturated heterocycles. The first-order valence-electron chi connectivity index (χ1n) is 5.29. The summed E-state index contributed by atoms with van der Waals surface area (Å²) in [6.45, 7) is 1.12. The van der Waals surface area contributed by atoms with Gasteiger partial charge in [0.1, 0.15) is 6.10 Å². The van der Waals surface area contributed by atoms with Crippen LogP contribution in [0.5, 0.6) is 0 Å². The van der Waals surface area contributed by atoms with Gasteiger partial charge in [-0.15, -0.1) is 0 Å². The van der Waals surface area contributed by atoms with Crippen LogP contribution >= 0.6 is 0 Å². The van der Waals surface area contributed by atoms with Gasteiger partial charge in [0.05, 0.1) is 12.6 Å². The summed E-state index contributed by atoms with van der Waals surface area (Å²) in [5.41, 5.74) is 0. The third kappa shape index (κ3) is 4.15. The summed E-state index contributed by atoms with van der Waals surface area (Å²) in [5, 5.41) is 11.6. The molecule has 88 valence electrons. The lowest BCUT2D eigenvalue weighted by molar-refractivity contribution is -0.131. The molecule has 1 unspecified atom stereocenters. The molecular weight excluding hydrogens is 198 g/mol. The van der Waals surface area contributed by atoms with E-state index >= 15 is 0 Å². The van der Waals surface area contributed by atoms with Crippen LogP contribution in [0.2, 0.25) is 0 Å². The molecule has 0 aromatic carbocycles. The van der Waals surface area contributed by atoms with Gasteiger partial charge in [0.15, 0.2) is 0 Å². The SMILES string of the molecule is COCC(CCO)NC(=O)[C@H]1CCCO1. The number of hydrogen-bond acceptors (Lipinski definition) is 4. The first-order valence-corrected chi connectivity index (χ1v) is 5.29. The molecule has 0 bridgehead atoms. The Morgan fingerprint density at radius 1 is 1.73 bits per heavy atom. The summed E-state index contributed by atoms with van der Waals surface area (Å²) in [5.74, 6) is -0.0944. The molecule has 15 heavy (non-hydrogen) atoms. The van der Waals surface area contributed by atoms with Crippen LogP contribution in [0.15, 0.2) is 0 Å². The van der Waals surface area contributed by atoms with Crippen molar-refractivity contribution >= 4 is 5.91 Å². The number of rotatable bonds is 6. The van der Waals surface area contributed by atoms with Crippen LogP contribution in [-0.4, -0.2) is 50.1 Å². The highest BCUT2D eigenvalue weighted by Crippen LogP contribution is 2.12. The third-order valence-corrected chi connectivity index (χ3v) is 2.41. The van der Waals surface area contributed by atoms with Crippen molar-refractivity contribution in [2.24, 2.45) is 0 Å². The van der Waals surface area contributed by atoms with Crippen molar-refractivity contribution in [3.8, 4) is 0 Å². The third-order valence-electron chi connectivity index (χ3n) is 2.41. The van der Waals surface area contributed by atoms with Gasteiger partial charge in [-0.2, -0.15) is 0 Å². The zero-order chi connectivity index (χ0) is 11.1. The van der Waals surface area contributed by atoms with Crippen LogP contribution in [0.1, 0.15) is 19.3 Å². The molecule has 2 N–H and O–H groups in total. The van der Waals surface area contributed by atoms with E-state index < -0.39 is 0 Å². The number of methoxy groups -OCH3 is 1. The number of carbonyl (C=O) groups is 1. The molecule has 0 aromatic rings. The maximum absolute atomic E-state index is 11.6. The van der Waals surface area contributed by atoms with E-state index in [0.717, 1.165) is 12.8 Å². The zero-order valence-corrected chi connectivity index (χ0v) is 9.07. The molecule has 1 fully saturated rings. The molecule has 1 aliphatic rings. The van der Waals surface area contributed by atoms with E-state index in [-0.39, 0.29) is 24.7 Å². The van der Waals surface area contributed by atoms with Crippen LogP contribution in [0, 0.1) is 0 Å². The minimum Gasteiger partial charge on any atom is -0.396 e. The lowest BCUT2D eigenvalue weighted by atomic mass is 10.2. The van der Waals surface area contributed by atoms with Gasteiger partial charge >= 0.3 is 0 Å². The van der Waals surface area contributed by atoms with E-state index in [2.05, 4.69) is 5.32 Å². The minimum atomic E-state index is -0.317. The molecule has 1 amide bonds. The Morgan fingerprint density at radius 2 is 2.53 bits per heavy atom. The normalized spacial score (nSPS) is 22.7. The maximum Gasteiger partial charge on any atom is 0.249 e. The maximum atomic E-state index is 11.6. The van der Waals surface area contributed by atoms with Crippen LogP contribution in [-0.2, 0) is 14.3 Å². The number of carbonyl (C=O) groups excluding carboxylic acids is 1. The second-order valence-electron chi connectivity index (χ2n) is 3.67. The Morgan fingerprint density at radius 3 is 3.07 bits per heavy atom. The minimum absolute atomic E-state index is 0.0415. The molecule has 5 nitrogen and oxygen atoms in total. The number of hydrogen-bond donors (Lipinski definition) is 2. The van der Waals surface area contributed by atoms with Gasteiger partial charge in [-0.1, -0.05) is 0 Å². The quantitative estimate of drug-likeness (QED) is 0.640. The van der Waals surface area contributed by atoms with Gasteiger partial charge in [0, 0.05) is 20.3 Å². The topological polar surface area (TPSA) is 67.8 Å². The lowest BCUT2D eigenvalue weighted by Gasteiger charge is -2.19. The molecule has 0 aliphatic carbocycles. The van der Waals surface area contributed by atoms with Gasteiger partial charge in [-0.25, -0.2) is 0 Å². The van der Waals surface area contributed by atoms with Crippen molar-refractivity contribution in [3.63, 3.8) is 0 Å². The van der Waals surface area contributed by atoms with Crippen molar-refractivity contribution in [1.82, 2.24) is 5.32 Å². The average molecular weight is 217 g/mol. The van der Waals surface area contributed by atoms with E-state index in [1.165, 1.54) is 0 Å². The summed E-state index contributed by atoms with van der Waals surface area (Å²) >= 11 is 0. The molecular formula is C10H19NO4. The molecule has 0 saturated carbocycles. The number of aliphatic hydroxyl groups excluding tert-OH is 1. The number of ether oxygens (including phenoxy) is 2. The molecule has 1 aliphatic heterocycles. The Balaban J connectivity index is 2.31. The molecule has 0 spiro atoms.